The molecule has 2 aliphatic rings. The number of aromatic nitrogens is 3. The van der Waals surface area contributed by atoms with Crippen LogP contribution in [0.2, 0.25) is 5.02 Å². The predicted molar refractivity (Wildman–Crippen MR) is 155 cm³/mol. The van der Waals surface area contributed by atoms with Gasteiger partial charge < -0.3 is 35.0 Å². The van der Waals surface area contributed by atoms with E-state index in [-0.39, 0.29) is 45.3 Å². The summed E-state index contributed by atoms with van der Waals surface area (Å²) in [6.45, 7) is 1.77. The molecule has 2 aromatic heterocycles. The number of carbonyl (C=O) groups is 3. The predicted octanol–water partition coefficient (Wildman–Crippen LogP) is 1.74. The van der Waals surface area contributed by atoms with Crippen molar-refractivity contribution in [3.8, 4) is 11.3 Å². The second-order valence-corrected chi connectivity index (χ2v) is 11.1. The fourth-order valence-electron chi connectivity index (χ4n) is 5.20. The maximum atomic E-state index is 14.7. The number of pyridine rings is 1. The molecule has 0 aliphatic carbocycles. The summed E-state index contributed by atoms with van der Waals surface area (Å²) in [5.74, 6) is -2.89. The number of hydrogen-bond donors (Lipinski definition) is 3. The van der Waals surface area contributed by atoms with Gasteiger partial charge in [-0.15, -0.1) is 0 Å². The number of piperazine rings is 1. The molecule has 2 saturated heterocycles. The zero-order valence-corrected chi connectivity index (χ0v) is 24.5. The summed E-state index contributed by atoms with van der Waals surface area (Å²) < 4.78 is 30.5. The summed E-state index contributed by atoms with van der Waals surface area (Å²) in [7, 11) is 4.57. The first-order valence-electron chi connectivity index (χ1n) is 13.6. The Bertz CT molecular complexity index is 1570. The first-order valence-corrected chi connectivity index (χ1v) is 14.0. The molecule has 0 unspecified atom stereocenters. The van der Waals surface area contributed by atoms with Gasteiger partial charge in [-0.3, -0.25) is 14.4 Å². The van der Waals surface area contributed by atoms with Crippen molar-refractivity contribution in [2.45, 2.75) is 18.6 Å². The lowest BCUT2D eigenvalue weighted by Crippen LogP contribution is -2.54. The lowest BCUT2D eigenvalue weighted by molar-refractivity contribution is -0.134. The van der Waals surface area contributed by atoms with Crippen molar-refractivity contribution >= 4 is 40.8 Å². The average Bonchev–Trinajstić information content (AvgIpc) is 3.58. The zero-order chi connectivity index (χ0) is 31.0. The highest BCUT2D eigenvalue weighted by molar-refractivity contribution is 6.34. The SMILES string of the molecule is CN(C)c1nc(F)c(-c2cnc(C(=O)Nc3ccc(C(=O)N4CCN(C(=O)[C@@H]5C[C@@H](O)CN5)CC4)c(Cl)c3)n2C)cc1F. The minimum atomic E-state index is -0.911. The van der Waals surface area contributed by atoms with Crippen molar-refractivity contribution in [2.75, 3.05) is 57.0 Å². The Kier molecular flexibility index (Phi) is 8.62. The minimum absolute atomic E-state index is 0.0718. The Labute approximate surface area is 251 Å². The van der Waals surface area contributed by atoms with Gasteiger partial charge in [0.1, 0.15) is 0 Å². The third-order valence-electron chi connectivity index (χ3n) is 7.54. The maximum absolute atomic E-state index is 14.7. The van der Waals surface area contributed by atoms with Crippen LogP contribution in [0.1, 0.15) is 27.4 Å². The highest BCUT2D eigenvalue weighted by Gasteiger charge is 2.34. The second kappa shape index (κ2) is 12.2. The molecular formula is C28H31ClF2N8O4. The molecule has 2 aliphatic heterocycles. The summed E-state index contributed by atoms with van der Waals surface area (Å²) in [6, 6.07) is 5.05. The van der Waals surface area contributed by atoms with Crippen LogP contribution < -0.4 is 15.5 Å². The van der Waals surface area contributed by atoms with E-state index in [0.29, 0.717) is 44.8 Å². The molecule has 3 amide bonds. The van der Waals surface area contributed by atoms with Gasteiger partial charge in [-0.25, -0.2) is 9.37 Å². The number of β-amino-alcohol motifs (C(OH)–C–C–N with tert-alkyl or cyclic N) is 1. The molecular weight excluding hydrogens is 586 g/mol. The van der Waals surface area contributed by atoms with Crippen molar-refractivity contribution in [3.05, 3.63) is 58.6 Å². The number of aliphatic hydroxyl groups excluding tert-OH is 1. The summed E-state index contributed by atoms with van der Waals surface area (Å²) in [5.41, 5.74) is 0.539. The van der Waals surface area contributed by atoms with Gasteiger partial charge >= 0.3 is 0 Å². The number of amides is 3. The molecule has 5 rings (SSSR count). The fourth-order valence-corrected chi connectivity index (χ4v) is 5.46. The molecule has 2 fully saturated rings. The standard InChI is InChI=1S/C28H31ClF2N8O4/c1-36(2)24-20(30)12-18(23(31)35-24)22-14-33-25(37(22)3)26(41)34-15-4-5-17(19(29)10-15)27(42)38-6-8-39(9-7-38)28(43)21-11-16(40)13-32-21/h4-5,10,12,14,16,21,32,40H,6-9,11,13H2,1-3H3,(H,34,41)/t16-,21+/m1/s1. The number of nitrogens with zero attached hydrogens (tertiary/aromatic N) is 6. The Morgan fingerprint density at radius 2 is 1.81 bits per heavy atom. The van der Waals surface area contributed by atoms with Crippen LogP contribution in [0.4, 0.5) is 20.3 Å². The molecule has 0 radical (unpaired) electrons. The van der Waals surface area contributed by atoms with E-state index in [2.05, 4.69) is 20.6 Å². The summed E-state index contributed by atoms with van der Waals surface area (Å²) in [6.07, 6.45) is 1.09. The normalized spacial score (nSPS) is 18.6. The van der Waals surface area contributed by atoms with E-state index in [1.807, 2.05) is 0 Å². The Balaban J connectivity index is 1.23. The third-order valence-corrected chi connectivity index (χ3v) is 7.86. The van der Waals surface area contributed by atoms with Gasteiger partial charge in [0, 0.05) is 59.6 Å². The quantitative estimate of drug-likeness (QED) is 0.357. The number of hydrogen-bond acceptors (Lipinski definition) is 8. The van der Waals surface area contributed by atoms with Crippen LogP contribution >= 0.6 is 11.6 Å². The van der Waals surface area contributed by atoms with Crippen molar-refractivity contribution in [1.29, 1.82) is 0 Å². The number of benzene rings is 1. The smallest absolute Gasteiger partial charge is 0.291 e. The van der Waals surface area contributed by atoms with Gasteiger partial charge in [0.25, 0.3) is 11.8 Å². The number of halogens is 3. The first kappa shape index (κ1) is 30.3. The van der Waals surface area contributed by atoms with E-state index in [1.54, 1.807) is 23.9 Å². The minimum Gasteiger partial charge on any atom is -0.392 e. The molecule has 12 nitrogen and oxygen atoms in total. The molecule has 0 spiro atoms. The van der Waals surface area contributed by atoms with E-state index in [9.17, 15) is 28.3 Å². The molecule has 3 N–H and O–H groups in total. The van der Waals surface area contributed by atoms with Gasteiger partial charge in [0.05, 0.1) is 40.2 Å². The van der Waals surface area contributed by atoms with Crippen LogP contribution in [-0.2, 0) is 11.8 Å². The van der Waals surface area contributed by atoms with Crippen LogP contribution in [0.5, 0.6) is 0 Å². The lowest BCUT2D eigenvalue weighted by atomic mass is 10.1. The van der Waals surface area contributed by atoms with E-state index in [4.69, 9.17) is 11.6 Å². The van der Waals surface area contributed by atoms with Crippen molar-refractivity contribution < 1.29 is 28.3 Å². The molecule has 4 heterocycles. The molecule has 0 saturated carbocycles. The van der Waals surface area contributed by atoms with Gasteiger partial charge in [-0.1, -0.05) is 11.6 Å². The summed E-state index contributed by atoms with van der Waals surface area (Å²) in [5, 5.41) is 15.5. The van der Waals surface area contributed by atoms with Crippen molar-refractivity contribution in [2.24, 2.45) is 7.05 Å². The van der Waals surface area contributed by atoms with Crippen LogP contribution in [0.25, 0.3) is 11.3 Å². The van der Waals surface area contributed by atoms with E-state index in [0.717, 1.165) is 6.07 Å². The second-order valence-electron chi connectivity index (χ2n) is 10.7. The van der Waals surface area contributed by atoms with E-state index < -0.39 is 29.8 Å². The number of carbonyl (C=O) groups excluding carboxylic acids is 3. The Hall–Kier alpha value is -4.14. The highest BCUT2D eigenvalue weighted by Crippen LogP contribution is 2.28. The van der Waals surface area contributed by atoms with E-state index >= 15 is 0 Å². The largest absolute Gasteiger partial charge is 0.392 e. The molecule has 3 aromatic rings. The fraction of sp³-hybridized carbons (Fsp3) is 0.393. The van der Waals surface area contributed by atoms with Crippen molar-refractivity contribution in [3.63, 3.8) is 0 Å². The highest BCUT2D eigenvalue weighted by atomic mass is 35.5. The average molecular weight is 617 g/mol. The van der Waals surface area contributed by atoms with Gasteiger partial charge in [0.15, 0.2) is 17.5 Å². The van der Waals surface area contributed by atoms with Crippen LogP contribution in [0, 0.1) is 11.8 Å². The lowest BCUT2D eigenvalue weighted by Gasteiger charge is -2.36. The number of nitrogens with one attached hydrogen (secondary N) is 2. The molecule has 43 heavy (non-hydrogen) atoms. The Morgan fingerprint density at radius 1 is 1.12 bits per heavy atom. The number of aliphatic hydroxyl groups is 1. The maximum Gasteiger partial charge on any atom is 0.291 e. The van der Waals surface area contributed by atoms with Crippen LogP contribution in [0.3, 0.4) is 0 Å². The zero-order valence-electron chi connectivity index (χ0n) is 23.8. The summed E-state index contributed by atoms with van der Waals surface area (Å²) >= 11 is 6.43. The third kappa shape index (κ3) is 6.17. The number of imidazole rings is 1. The molecule has 1 aromatic carbocycles. The Morgan fingerprint density at radius 3 is 2.44 bits per heavy atom. The molecule has 228 valence electrons. The van der Waals surface area contributed by atoms with Crippen molar-refractivity contribution in [1.82, 2.24) is 29.7 Å². The molecule has 15 heteroatoms. The van der Waals surface area contributed by atoms with Gasteiger partial charge in [-0.2, -0.15) is 9.37 Å². The molecule has 0 bridgehead atoms. The molecule has 2 atom stereocenters. The monoisotopic (exact) mass is 616 g/mol. The van der Waals surface area contributed by atoms with Crippen LogP contribution in [0.15, 0.2) is 30.5 Å². The number of anilines is 2. The van der Waals surface area contributed by atoms with Gasteiger partial charge in [0.2, 0.25) is 11.9 Å². The van der Waals surface area contributed by atoms with Gasteiger partial charge in [-0.05, 0) is 30.7 Å². The summed E-state index contributed by atoms with van der Waals surface area (Å²) in [4.78, 5) is 51.2. The van der Waals surface area contributed by atoms with Crippen LogP contribution in [-0.4, -0.2) is 106 Å². The first-order chi connectivity index (χ1) is 20.4. The topological polar surface area (TPSA) is 136 Å². The number of rotatable bonds is 6. The van der Waals surface area contributed by atoms with E-state index in [1.165, 1.54) is 40.9 Å².